The summed E-state index contributed by atoms with van der Waals surface area (Å²) >= 11 is 5.54. The van der Waals surface area contributed by atoms with Gasteiger partial charge >= 0.3 is 6.03 Å². The zero-order valence-electron chi connectivity index (χ0n) is 15.8. The van der Waals surface area contributed by atoms with Crippen LogP contribution in [0.3, 0.4) is 0 Å². The van der Waals surface area contributed by atoms with Crippen LogP contribution in [0.1, 0.15) is 16.7 Å². The molecule has 2 amide bonds. The quantitative estimate of drug-likeness (QED) is 0.557. The van der Waals surface area contributed by atoms with E-state index in [1.165, 1.54) is 0 Å². The standard InChI is InChI=1S/C23H20N4OS/c1-15-8-7-11-17(14-15)24-23(28)27-21-22(29)25-19-13-6-5-12-18(19)20(26-21)16-9-3-2-4-10-16/h2-14,21H,1H3,(H,25,29)(H2,24,27,28). The SMILES string of the molecule is Cc1cccc(NC(=O)NC2N=C(c3ccccc3)c3ccccc3NC2=S)c1. The number of aliphatic imine (C=N–C) groups is 1. The van der Waals surface area contributed by atoms with E-state index in [2.05, 4.69) is 16.0 Å². The van der Waals surface area contributed by atoms with E-state index in [9.17, 15) is 4.79 Å². The molecule has 1 aliphatic rings. The molecule has 1 atom stereocenters. The molecule has 0 aromatic heterocycles. The average Bonchev–Trinajstić information content (AvgIpc) is 2.85. The molecule has 0 radical (unpaired) electrons. The number of amides is 2. The summed E-state index contributed by atoms with van der Waals surface area (Å²) < 4.78 is 0. The Balaban J connectivity index is 1.64. The summed E-state index contributed by atoms with van der Waals surface area (Å²) in [5.74, 6) is 0. The summed E-state index contributed by atoms with van der Waals surface area (Å²) in [7, 11) is 0. The average molecular weight is 401 g/mol. The molecule has 3 N–H and O–H groups in total. The van der Waals surface area contributed by atoms with Gasteiger partial charge in [-0.15, -0.1) is 0 Å². The van der Waals surface area contributed by atoms with E-state index in [1.54, 1.807) is 0 Å². The van der Waals surface area contributed by atoms with Crippen molar-refractivity contribution in [2.75, 3.05) is 10.6 Å². The number of urea groups is 1. The van der Waals surface area contributed by atoms with Crippen molar-refractivity contribution in [1.29, 1.82) is 0 Å². The Kier molecular flexibility index (Phi) is 5.35. The second kappa shape index (κ2) is 8.24. The smallest absolute Gasteiger partial charge is 0.321 e. The summed E-state index contributed by atoms with van der Waals surface area (Å²) in [5, 5.41) is 8.93. The fourth-order valence-corrected chi connectivity index (χ4v) is 3.42. The lowest BCUT2D eigenvalue weighted by Crippen LogP contribution is -2.43. The van der Waals surface area contributed by atoms with E-state index in [4.69, 9.17) is 17.2 Å². The number of para-hydroxylation sites is 1. The molecule has 144 valence electrons. The first kappa shape index (κ1) is 18.8. The van der Waals surface area contributed by atoms with Crippen LogP contribution in [0.25, 0.3) is 0 Å². The Hall–Kier alpha value is -3.51. The molecule has 3 aromatic carbocycles. The molecule has 29 heavy (non-hydrogen) atoms. The fourth-order valence-electron chi connectivity index (χ4n) is 3.20. The number of benzodiazepines with no additional fused rings is 1. The predicted molar refractivity (Wildman–Crippen MR) is 122 cm³/mol. The van der Waals surface area contributed by atoms with Crippen molar-refractivity contribution < 1.29 is 4.79 Å². The van der Waals surface area contributed by atoms with E-state index < -0.39 is 6.17 Å². The number of thiocarbonyl (C=S) groups is 1. The van der Waals surface area contributed by atoms with Gasteiger partial charge in [0.1, 0.15) is 4.99 Å². The second-order valence-electron chi connectivity index (χ2n) is 6.75. The molecule has 0 saturated heterocycles. The van der Waals surface area contributed by atoms with Crippen molar-refractivity contribution in [2.45, 2.75) is 13.1 Å². The summed E-state index contributed by atoms with van der Waals surface area (Å²) in [4.78, 5) is 17.8. The number of hydrogen-bond acceptors (Lipinski definition) is 3. The van der Waals surface area contributed by atoms with Gasteiger partial charge in [-0.1, -0.05) is 72.9 Å². The molecule has 0 saturated carbocycles. The van der Waals surface area contributed by atoms with Crippen molar-refractivity contribution in [2.24, 2.45) is 4.99 Å². The lowest BCUT2D eigenvalue weighted by molar-refractivity contribution is 0.251. The van der Waals surface area contributed by atoms with Gasteiger partial charge in [-0.05, 0) is 30.7 Å². The fraction of sp³-hybridized carbons (Fsp3) is 0.0870. The third-order valence-electron chi connectivity index (χ3n) is 4.54. The number of nitrogens with one attached hydrogen (secondary N) is 3. The van der Waals surface area contributed by atoms with Gasteiger partial charge in [-0.2, -0.15) is 0 Å². The lowest BCUT2D eigenvalue weighted by atomic mass is 10.0. The number of fused-ring (bicyclic) bond motifs is 1. The molecule has 5 nitrogen and oxygen atoms in total. The Morgan fingerprint density at radius 3 is 2.55 bits per heavy atom. The lowest BCUT2D eigenvalue weighted by Gasteiger charge is -2.16. The number of benzene rings is 3. The largest absolute Gasteiger partial charge is 0.346 e. The highest BCUT2D eigenvalue weighted by molar-refractivity contribution is 7.80. The minimum absolute atomic E-state index is 0.369. The van der Waals surface area contributed by atoms with Gasteiger partial charge in [0.2, 0.25) is 0 Å². The molecular formula is C23H20N4OS. The summed E-state index contributed by atoms with van der Waals surface area (Å²) in [6.07, 6.45) is -0.697. The van der Waals surface area contributed by atoms with Crippen molar-refractivity contribution >= 4 is 40.3 Å². The Morgan fingerprint density at radius 1 is 1.00 bits per heavy atom. The maximum Gasteiger partial charge on any atom is 0.321 e. The Labute approximate surface area is 174 Å². The molecule has 6 heteroatoms. The summed E-state index contributed by atoms with van der Waals surface area (Å²) in [6, 6.07) is 25.0. The van der Waals surface area contributed by atoms with Crippen LogP contribution in [0.4, 0.5) is 16.2 Å². The normalized spacial score (nSPS) is 15.4. The van der Waals surface area contributed by atoms with Gasteiger partial charge in [0.25, 0.3) is 0 Å². The molecule has 0 fully saturated rings. The number of nitrogens with zero attached hydrogens (tertiary/aromatic N) is 1. The first-order valence-electron chi connectivity index (χ1n) is 9.28. The molecule has 1 unspecified atom stereocenters. The highest BCUT2D eigenvalue weighted by atomic mass is 32.1. The third-order valence-corrected chi connectivity index (χ3v) is 4.86. The monoisotopic (exact) mass is 400 g/mol. The zero-order valence-corrected chi connectivity index (χ0v) is 16.7. The van der Waals surface area contributed by atoms with E-state index >= 15 is 0 Å². The first-order valence-corrected chi connectivity index (χ1v) is 9.69. The molecule has 1 aliphatic heterocycles. The number of carbonyl (C=O) groups is 1. The number of rotatable bonds is 3. The summed E-state index contributed by atoms with van der Waals surface area (Å²) in [5.41, 5.74) is 5.31. The van der Waals surface area contributed by atoms with E-state index in [0.717, 1.165) is 28.1 Å². The van der Waals surface area contributed by atoms with E-state index in [1.807, 2.05) is 85.8 Å². The predicted octanol–water partition coefficient (Wildman–Crippen LogP) is 4.73. The van der Waals surface area contributed by atoms with Gasteiger partial charge in [0, 0.05) is 22.5 Å². The maximum absolute atomic E-state index is 12.6. The Bertz CT molecular complexity index is 1090. The highest BCUT2D eigenvalue weighted by Gasteiger charge is 2.24. The van der Waals surface area contributed by atoms with Crippen molar-refractivity contribution in [3.63, 3.8) is 0 Å². The molecule has 0 bridgehead atoms. The Morgan fingerprint density at radius 2 is 1.76 bits per heavy atom. The molecule has 0 aliphatic carbocycles. The third kappa shape index (κ3) is 4.33. The molecule has 4 rings (SSSR count). The number of hydrogen-bond donors (Lipinski definition) is 3. The maximum atomic E-state index is 12.6. The van der Waals surface area contributed by atoms with Crippen LogP contribution >= 0.6 is 12.2 Å². The van der Waals surface area contributed by atoms with Gasteiger partial charge in [0.15, 0.2) is 6.17 Å². The zero-order chi connectivity index (χ0) is 20.2. The summed E-state index contributed by atoms with van der Waals surface area (Å²) in [6.45, 7) is 1.97. The van der Waals surface area contributed by atoms with Gasteiger partial charge in [0.05, 0.1) is 5.71 Å². The molecule has 3 aromatic rings. The van der Waals surface area contributed by atoms with Crippen molar-refractivity contribution in [3.8, 4) is 0 Å². The van der Waals surface area contributed by atoms with Crippen LogP contribution in [0, 0.1) is 6.92 Å². The van der Waals surface area contributed by atoms with E-state index in [0.29, 0.717) is 10.7 Å². The first-order chi connectivity index (χ1) is 14.1. The van der Waals surface area contributed by atoms with Crippen LogP contribution in [0.5, 0.6) is 0 Å². The van der Waals surface area contributed by atoms with Crippen molar-refractivity contribution in [1.82, 2.24) is 5.32 Å². The van der Waals surface area contributed by atoms with Gasteiger partial charge in [-0.25, -0.2) is 4.79 Å². The number of aryl methyl sites for hydroxylation is 1. The van der Waals surface area contributed by atoms with Crippen LogP contribution in [-0.2, 0) is 0 Å². The topological polar surface area (TPSA) is 65.5 Å². The highest BCUT2D eigenvalue weighted by Crippen LogP contribution is 2.24. The minimum Gasteiger partial charge on any atom is -0.346 e. The minimum atomic E-state index is -0.697. The molecule has 0 spiro atoms. The van der Waals surface area contributed by atoms with E-state index in [-0.39, 0.29) is 6.03 Å². The number of anilines is 2. The van der Waals surface area contributed by atoms with Gasteiger partial charge in [-0.3, -0.25) is 4.99 Å². The number of carbonyl (C=O) groups excluding carboxylic acids is 1. The molecule has 1 heterocycles. The molecular weight excluding hydrogens is 380 g/mol. The van der Waals surface area contributed by atoms with Gasteiger partial charge < -0.3 is 16.0 Å². The van der Waals surface area contributed by atoms with Crippen LogP contribution in [0.2, 0.25) is 0 Å². The van der Waals surface area contributed by atoms with Crippen molar-refractivity contribution in [3.05, 3.63) is 95.6 Å². The second-order valence-corrected chi connectivity index (χ2v) is 7.19. The van der Waals surface area contributed by atoms with Crippen LogP contribution in [0.15, 0.2) is 83.9 Å². The van der Waals surface area contributed by atoms with Crippen LogP contribution in [-0.4, -0.2) is 22.9 Å². The van der Waals surface area contributed by atoms with Crippen LogP contribution < -0.4 is 16.0 Å².